The number of aliphatic hydroxyl groups excluding tert-OH is 1. The number of unbranched alkanes of at least 4 members (excludes halogenated alkanes) is 24. The fourth-order valence-electron chi connectivity index (χ4n) is 5.47. The lowest BCUT2D eigenvalue weighted by atomic mass is 9.87. The van der Waals surface area contributed by atoms with Crippen molar-refractivity contribution in [2.45, 2.75) is 199 Å². The van der Waals surface area contributed by atoms with E-state index in [9.17, 15) is 15.2 Å². The van der Waals surface area contributed by atoms with Gasteiger partial charge < -0.3 is 5.11 Å². The molecule has 0 aromatic rings. The summed E-state index contributed by atoms with van der Waals surface area (Å²) in [5.41, 5.74) is -1.10. The number of hydrogen-bond donors (Lipinski definition) is 1. The third-order valence-electron chi connectivity index (χ3n) is 8.17. The Bertz CT molecular complexity index is 457. The summed E-state index contributed by atoms with van der Waals surface area (Å²) in [4.78, 5) is 11.6. The van der Waals surface area contributed by atoms with Gasteiger partial charge >= 0.3 is 0 Å². The Hall–Kier alpha value is -0.640. The van der Waals surface area contributed by atoms with E-state index in [-0.39, 0.29) is 11.5 Å². The lowest BCUT2D eigenvalue weighted by molar-refractivity contribution is -0.576. The maximum atomic E-state index is 11.8. The van der Waals surface area contributed by atoms with Gasteiger partial charge in [-0.25, -0.2) is 0 Å². The van der Waals surface area contributed by atoms with Crippen molar-refractivity contribution in [2.75, 3.05) is 6.61 Å². The molecule has 0 spiro atoms. The first-order chi connectivity index (χ1) is 17.6. The van der Waals surface area contributed by atoms with Gasteiger partial charge in [-0.2, -0.15) is 0 Å². The highest BCUT2D eigenvalue weighted by Gasteiger charge is 2.40. The summed E-state index contributed by atoms with van der Waals surface area (Å²) in [6, 6.07) is 0. The fourth-order valence-corrected chi connectivity index (χ4v) is 5.47. The third-order valence-corrected chi connectivity index (χ3v) is 8.17. The first kappa shape index (κ1) is 35.4. The quantitative estimate of drug-likeness (QED) is 0.0592. The molecule has 1 N–H and O–H groups in total. The van der Waals surface area contributed by atoms with Gasteiger partial charge in [-0.1, -0.05) is 168 Å². The minimum atomic E-state index is -1.10. The number of nitrogens with zero attached hydrogens (tertiary/aromatic N) is 1. The Kier molecular flexibility index (Phi) is 26.9. The van der Waals surface area contributed by atoms with E-state index in [1.165, 1.54) is 141 Å². The smallest absolute Gasteiger partial charge is 0.244 e. The Morgan fingerprint density at radius 3 is 0.889 bits per heavy atom. The van der Waals surface area contributed by atoms with Crippen LogP contribution in [0.25, 0.3) is 0 Å². The number of rotatable bonds is 30. The normalized spacial score (nSPS) is 13.2. The highest BCUT2D eigenvalue weighted by Crippen LogP contribution is 2.26. The van der Waals surface area contributed by atoms with Crippen LogP contribution in [0.1, 0.15) is 194 Å². The molecule has 0 rings (SSSR count). The van der Waals surface area contributed by atoms with Crippen LogP contribution in [0.2, 0.25) is 0 Å². The Morgan fingerprint density at radius 2 is 0.694 bits per heavy atom. The van der Waals surface area contributed by atoms with Crippen molar-refractivity contribution < 1.29 is 10.0 Å². The first-order valence-electron chi connectivity index (χ1n) is 16.4. The number of hydrogen-bond acceptors (Lipinski definition) is 3. The molecule has 1 unspecified atom stereocenters. The van der Waals surface area contributed by atoms with Gasteiger partial charge in [-0.3, -0.25) is 10.1 Å². The van der Waals surface area contributed by atoms with Crippen LogP contribution in [0.4, 0.5) is 0 Å². The molecule has 0 bridgehead atoms. The monoisotopic (exact) mass is 511 g/mol. The summed E-state index contributed by atoms with van der Waals surface area (Å²) in [5.74, 6) is 0. The van der Waals surface area contributed by atoms with Gasteiger partial charge in [-0.05, 0) is 12.8 Å². The minimum Gasteiger partial charge on any atom is -0.389 e. The van der Waals surface area contributed by atoms with Gasteiger partial charge in [0, 0.05) is 17.8 Å². The lowest BCUT2D eigenvalue weighted by Crippen LogP contribution is -2.42. The van der Waals surface area contributed by atoms with E-state index in [1.807, 2.05) is 0 Å². The number of aliphatic hydroxyl groups is 1. The summed E-state index contributed by atoms with van der Waals surface area (Å²) in [6.07, 6.45) is 34.4. The molecule has 0 aromatic carbocycles. The van der Waals surface area contributed by atoms with Crippen molar-refractivity contribution in [1.29, 1.82) is 0 Å². The van der Waals surface area contributed by atoms with Gasteiger partial charge in [0.1, 0.15) is 6.61 Å². The molecule has 0 aliphatic carbocycles. The van der Waals surface area contributed by atoms with Crippen LogP contribution >= 0.6 is 0 Å². The van der Waals surface area contributed by atoms with E-state index in [2.05, 4.69) is 13.8 Å². The number of nitro groups is 1. The van der Waals surface area contributed by atoms with Gasteiger partial charge in [0.05, 0.1) is 0 Å². The van der Waals surface area contributed by atoms with Crippen LogP contribution in [-0.4, -0.2) is 22.2 Å². The largest absolute Gasteiger partial charge is 0.389 e. The molecule has 0 aliphatic heterocycles. The van der Waals surface area contributed by atoms with E-state index < -0.39 is 5.54 Å². The molecule has 1 atom stereocenters. The maximum absolute atomic E-state index is 11.8. The highest BCUT2D eigenvalue weighted by molar-refractivity contribution is 4.79. The van der Waals surface area contributed by atoms with E-state index in [0.29, 0.717) is 12.8 Å². The van der Waals surface area contributed by atoms with Crippen molar-refractivity contribution in [3.63, 3.8) is 0 Å². The first-order valence-corrected chi connectivity index (χ1v) is 16.4. The highest BCUT2D eigenvalue weighted by atomic mass is 16.6. The molecule has 0 saturated heterocycles. The molecule has 0 amide bonds. The molecule has 0 heterocycles. The average molecular weight is 512 g/mol. The molecule has 216 valence electrons. The lowest BCUT2D eigenvalue weighted by Gasteiger charge is -2.23. The van der Waals surface area contributed by atoms with E-state index in [1.54, 1.807) is 0 Å². The van der Waals surface area contributed by atoms with Gasteiger partial charge in [-0.15, -0.1) is 0 Å². The van der Waals surface area contributed by atoms with Crippen molar-refractivity contribution in [3.8, 4) is 0 Å². The predicted octanol–water partition coefficient (Wildman–Crippen LogP) is 11.0. The van der Waals surface area contributed by atoms with Crippen molar-refractivity contribution in [3.05, 3.63) is 10.1 Å². The fraction of sp³-hybridized carbons (Fsp3) is 1.00. The van der Waals surface area contributed by atoms with Crippen molar-refractivity contribution >= 4 is 0 Å². The van der Waals surface area contributed by atoms with Crippen LogP contribution in [0.3, 0.4) is 0 Å². The zero-order valence-electron chi connectivity index (χ0n) is 24.7. The van der Waals surface area contributed by atoms with Gasteiger partial charge in [0.25, 0.3) is 0 Å². The standard InChI is InChI=1S/C32H65NO3/c1-3-5-7-9-11-13-15-16-17-18-19-20-22-24-26-28-30-32(31-34,33(35)36)29-27-25-23-21-14-12-10-8-6-4-2/h34H,3-31H2,1-2H3. The zero-order valence-corrected chi connectivity index (χ0v) is 24.7. The zero-order chi connectivity index (χ0) is 26.6. The molecule has 36 heavy (non-hydrogen) atoms. The van der Waals surface area contributed by atoms with Crippen LogP contribution in [0, 0.1) is 10.1 Å². The van der Waals surface area contributed by atoms with Crippen LogP contribution < -0.4 is 0 Å². The van der Waals surface area contributed by atoms with Gasteiger partial charge in [0.15, 0.2) is 0 Å². The molecule has 4 heteroatoms. The molecule has 0 radical (unpaired) electrons. The molecule has 0 aliphatic rings. The topological polar surface area (TPSA) is 63.4 Å². The summed E-state index contributed by atoms with van der Waals surface area (Å²) < 4.78 is 0. The van der Waals surface area contributed by atoms with Crippen LogP contribution in [0.15, 0.2) is 0 Å². The SMILES string of the molecule is CCCCCCCCCCCCCCCCCCC(CO)(CCCCCCCCCCCC)[N+](=O)[O-]. The summed E-state index contributed by atoms with van der Waals surface area (Å²) >= 11 is 0. The third kappa shape index (κ3) is 21.4. The van der Waals surface area contributed by atoms with Crippen LogP contribution in [0.5, 0.6) is 0 Å². The van der Waals surface area contributed by atoms with E-state index in [4.69, 9.17) is 0 Å². The Labute approximate surface area is 225 Å². The predicted molar refractivity (Wildman–Crippen MR) is 157 cm³/mol. The van der Waals surface area contributed by atoms with E-state index in [0.717, 1.165) is 25.7 Å². The Morgan fingerprint density at radius 1 is 0.472 bits per heavy atom. The van der Waals surface area contributed by atoms with Crippen LogP contribution in [-0.2, 0) is 0 Å². The minimum absolute atomic E-state index is 0.175. The molecule has 0 fully saturated rings. The average Bonchev–Trinajstić information content (AvgIpc) is 2.88. The van der Waals surface area contributed by atoms with Crippen molar-refractivity contribution in [1.82, 2.24) is 0 Å². The molecule has 0 aromatic heterocycles. The molecule has 0 saturated carbocycles. The summed E-state index contributed by atoms with van der Waals surface area (Å²) in [7, 11) is 0. The van der Waals surface area contributed by atoms with Gasteiger partial charge in [0.2, 0.25) is 5.54 Å². The molecule has 4 nitrogen and oxygen atoms in total. The van der Waals surface area contributed by atoms with E-state index >= 15 is 0 Å². The summed E-state index contributed by atoms with van der Waals surface area (Å²) in [6.45, 7) is 4.21. The molecular weight excluding hydrogens is 446 g/mol. The second-order valence-electron chi connectivity index (χ2n) is 11.6. The molecular formula is C32H65NO3. The second kappa shape index (κ2) is 27.4. The summed E-state index contributed by atoms with van der Waals surface area (Å²) in [5, 5.41) is 21.7. The maximum Gasteiger partial charge on any atom is 0.244 e. The van der Waals surface area contributed by atoms with Crippen molar-refractivity contribution in [2.24, 2.45) is 0 Å². The second-order valence-corrected chi connectivity index (χ2v) is 11.6. The Balaban J connectivity index is 3.68.